The number of halogens is 1. The number of aliphatic carboxylic acids is 1. The van der Waals surface area contributed by atoms with Crippen molar-refractivity contribution in [3.05, 3.63) is 34.3 Å². The Balaban J connectivity index is 2.50. The van der Waals surface area contributed by atoms with Crippen LogP contribution in [0.2, 0.25) is 0 Å². The fourth-order valence-corrected chi connectivity index (χ4v) is 2.36. The molecule has 138 valence electrons. The van der Waals surface area contributed by atoms with E-state index in [-0.39, 0.29) is 18.9 Å². The molecule has 1 rings (SSSR count). The second kappa shape index (κ2) is 10.0. The minimum absolute atomic E-state index is 0.106. The summed E-state index contributed by atoms with van der Waals surface area (Å²) in [7, 11) is 0. The quantitative estimate of drug-likeness (QED) is 0.499. The van der Waals surface area contributed by atoms with Crippen LogP contribution in [0.3, 0.4) is 0 Å². The molecular formula is C17H22BrNO6. The van der Waals surface area contributed by atoms with Gasteiger partial charge in [0.1, 0.15) is 0 Å². The molecule has 0 aliphatic heterocycles. The van der Waals surface area contributed by atoms with Crippen molar-refractivity contribution in [1.82, 2.24) is 5.32 Å². The van der Waals surface area contributed by atoms with E-state index in [0.29, 0.717) is 0 Å². The number of nitrogens with one attached hydrogen (secondary N) is 1. The van der Waals surface area contributed by atoms with Crippen molar-refractivity contribution in [3.63, 3.8) is 0 Å². The van der Waals surface area contributed by atoms with Gasteiger partial charge in [0.05, 0.1) is 11.8 Å². The van der Waals surface area contributed by atoms with Crippen LogP contribution in [-0.2, 0) is 25.5 Å². The average molecular weight is 416 g/mol. The second-order valence-corrected chi connectivity index (χ2v) is 6.73. The lowest BCUT2D eigenvalue weighted by molar-refractivity contribution is -0.168. The number of carboxylic acids is 1. The Bertz CT molecular complexity index is 619. The zero-order chi connectivity index (χ0) is 19.0. The number of benzene rings is 1. The van der Waals surface area contributed by atoms with Crippen molar-refractivity contribution in [2.75, 3.05) is 6.54 Å². The zero-order valence-corrected chi connectivity index (χ0v) is 15.9. The lowest BCUT2D eigenvalue weighted by atomic mass is 9.99. The maximum absolute atomic E-state index is 11.7. The van der Waals surface area contributed by atoms with E-state index in [0.717, 1.165) is 10.0 Å². The summed E-state index contributed by atoms with van der Waals surface area (Å²) in [6.07, 6.45) is -1.64. The predicted molar refractivity (Wildman–Crippen MR) is 93.8 cm³/mol. The van der Waals surface area contributed by atoms with Crippen LogP contribution in [0.25, 0.3) is 0 Å². The van der Waals surface area contributed by atoms with E-state index < -0.39 is 30.2 Å². The van der Waals surface area contributed by atoms with Gasteiger partial charge in [0, 0.05) is 17.9 Å². The molecule has 0 spiro atoms. The lowest BCUT2D eigenvalue weighted by Crippen LogP contribution is -2.36. The van der Waals surface area contributed by atoms with Crippen molar-refractivity contribution < 1.29 is 29.0 Å². The van der Waals surface area contributed by atoms with E-state index in [2.05, 4.69) is 21.2 Å². The molecule has 0 aromatic heterocycles. The lowest BCUT2D eigenvalue weighted by Gasteiger charge is -2.17. The summed E-state index contributed by atoms with van der Waals surface area (Å²) in [5.41, 5.74) is 0.830. The number of hydrogen-bond acceptors (Lipinski definition) is 5. The Labute approximate surface area is 154 Å². The van der Waals surface area contributed by atoms with Gasteiger partial charge in [-0.3, -0.25) is 9.59 Å². The van der Waals surface area contributed by atoms with Crippen molar-refractivity contribution in [2.24, 2.45) is 11.8 Å². The molecule has 1 aromatic carbocycles. The number of carbonyl (C=O) groups is 3. The van der Waals surface area contributed by atoms with Gasteiger partial charge >= 0.3 is 18.0 Å². The first-order chi connectivity index (χ1) is 11.7. The SMILES string of the molecule is CC(C)C(=O)O[C@@H](C)OC(=O)NC[C@H](Cc1cccc(Br)c1)C(=O)O. The molecule has 0 aliphatic rings. The maximum Gasteiger partial charge on any atom is 0.410 e. The number of carbonyl (C=O) groups excluding carboxylic acids is 2. The Hall–Kier alpha value is -2.09. The van der Waals surface area contributed by atoms with E-state index in [4.69, 9.17) is 9.47 Å². The molecular weight excluding hydrogens is 394 g/mol. The van der Waals surface area contributed by atoms with Crippen molar-refractivity contribution >= 4 is 34.0 Å². The number of rotatable bonds is 8. The minimum Gasteiger partial charge on any atom is -0.481 e. The van der Waals surface area contributed by atoms with Crippen LogP contribution in [0.15, 0.2) is 28.7 Å². The zero-order valence-electron chi connectivity index (χ0n) is 14.3. The molecule has 0 fully saturated rings. The highest BCUT2D eigenvalue weighted by Crippen LogP contribution is 2.15. The first-order valence-corrected chi connectivity index (χ1v) is 8.60. The third kappa shape index (κ3) is 8.02. The van der Waals surface area contributed by atoms with Crippen molar-refractivity contribution in [3.8, 4) is 0 Å². The number of hydrogen-bond donors (Lipinski definition) is 2. The highest BCUT2D eigenvalue weighted by molar-refractivity contribution is 9.10. The Morgan fingerprint density at radius 2 is 1.88 bits per heavy atom. The van der Waals surface area contributed by atoms with Crippen LogP contribution in [0.1, 0.15) is 26.3 Å². The van der Waals surface area contributed by atoms with Crippen LogP contribution in [0.5, 0.6) is 0 Å². The third-order valence-corrected chi connectivity index (χ3v) is 3.73. The topological polar surface area (TPSA) is 102 Å². The van der Waals surface area contributed by atoms with Gasteiger partial charge in [-0.15, -0.1) is 0 Å². The van der Waals surface area contributed by atoms with Crippen molar-refractivity contribution in [1.29, 1.82) is 0 Å². The summed E-state index contributed by atoms with van der Waals surface area (Å²) >= 11 is 3.33. The molecule has 1 amide bonds. The number of esters is 1. The third-order valence-electron chi connectivity index (χ3n) is 3.24. The van der Waals surface area contributed by atoms with Gasteiger partial charge in [-0.05, 0) is 24.1 Å². The van der Waals surface area contributed by atoms with Crippen LogP contribution in [0, 0.1) is 11.8 Å². The molecule has 0 saturated carbocycles. The largest absolute Gasteiger partial charge is 0.481 e. The summed E-state index contributed by atoms with van der Waals surface area (Å²) in [5.74, 6) is -2.66. The monoisotopic (exact) mass is 415 g/mol. The Morgan fingerprint density at radius 1 is 1.20 bits per heavy atom. The summed E-state index contributed by atoms with van der Waals surface area (Å²) in [6.45, 7) is 4.63. The van der Waals surface area contributed by atoms with Gasteiger partial charge in [0.15, 0.2) is 0 Å². The van der Waals surface area contributed by atoms with Gasteiger partial charge in [-0.25, -0.2) is 4.79 Å². The maximum atomic E-state index is 11.7. The molecule has 0 radical (unpaired) electrons. The van der Waals surface area contributed by atoms with Crippen LogP contribution in [-0.4, -0.2) is 36.0 Å². The van der Waals surface area contributed by atoms with E-state index in [1.165, 1.54) is 6.92 Å². The minimum atomic E-state index is -1.05. The summed E-state index contributed by atoms with van der Waals surface area (Å²) in [6, 6.07) is 7.29. The molecule has 2 N–H and O–H groups in total. The first kappa shape index (κ1) is 21.0. The summed E-state index contributed by atoms with van der Waals surface area (Å²) < 4.78 is 10.6. The molecule has 8 heteroatoms. The van der Waals surface area contributed by atoms with Crippen LogP contribution in [0.4, 0.5) is 4.79 Å². The fraction of sp³-hybridized carbons (Fsp3) is 0.471. The van der Waals surface area contributed by atoms with E-state index in [9.17, 15) is 19.5 Å². The smallest absolute Gasteiger partial charge is 0.410 e. The fourth-order valence-electron chi connectivity index (χ4n) is 1.92. The molecule has 1 aromatic rings. The molecule has 0 saturated heterocycles. The van der Waals surface area contributed by atoms with Gasteiger partial charge in [0.2, 0.25) is 6.29 Å². The predicted octanol–water partition coefficient (Wildman–Crippen LogP) is 2.96. The molecule has 0 aliphatic carbocycles. The number of carboxylic acid groups (broad SMARTS) is 1. The number of amides is 1. The van der Waals surface area contributed by atoms with Gasteiger partial charge in [-0.2, -0.15) is 0 Å². The number of ether oxygens (including phenoxy) is 2. The summed E-state index contributed by atoms with van der Waals surface area (Å²) in [4.78, 5) is 34.5. The molecule has 0 unspecified atom stereocenters. The van der Waals surface area contributed by atoms with Crippen LogP contribution >= 0.6 is 15.9 Å². The van der Waals surface area contributed by atoms with Gasteiger partial charge in [0.25, 0.3) is 0 Å². The standard InChI is InChI=1S/C17H22BrNO6/c1-10(2)16(22)24-11(3)25-17(23)19-9-13(15(20)21)7-12-5-4-6-14(18)8-12/h4-6,8,10-11,13H,7,9H2,1-3H3,(H,19,23)(H,20,21)/t11-,13+/m1/s1. The summed E-state index contributed by atoms with van der Waals surface area (Å²) in [5, 5.41) is 11.7. The number of alkyl carbamates (subject to hydrolysis) is 1. The Kier molecular flexibility index (Phi) is 8.40. The van der Waals surface area contributed by atoms with Gasteiger partial charge < -0.3 is 19.9 Å². The molecule has 0 heterocycles. The van der Waals surface area contributed by atoms with Crippen LogP contribution < -0.4 is 5.32 Å². The van der Waals surface area contributed by atoms with E-state index >= 15 is 0 Å². The molecule has 7 nitrogen and oxygen atoms in total. The van der Waals surface area contributed by atoms with E-state index in [1.54, 1.807) is 13.8 Å². The highest BCUT2D eigenvalue weighted by Gasteiger charge is 2.21. The second-order valence-electron chi connectivity index (χ2n) is 5.81. The van der Waals surface area contributed by atoms with E-state index in [1.807, 2.05) is 24.3 Å². The Morgan fingerprint density at radius 3 is 2.44 bits per heavy atom. The van der Waals surface area contributed by atoms with Crippen molar-refractivity contribution in [2.45, 2.75) is 33.5 Å². The molecule has 25 heavy (non-hydrogen) atoms. The van der Waals surface area contributed by atoms with Gasteiger partial charge in [-0.1, -0.05) is 41.9 Å². The highest BCUT2D eigenvalue weighted by atomic mass is 79.9. The molecule has 2 atom stereocenters. The average Bonchev–Trinajstić information content (AvgIpc) is 2.50. The normalized spacial score (nSPS) is 13.0. The first-order valence-electron chi connectivity index (χ1n) is 7.81. The molecule has 0 bridgehead atoms.